The molecular formula is C31H32ClN3O4S. The number of benzene rings is 4. The molecule has 0 radical (unpaired) electrons. The van der Waals surface area contributed by atoms with Crippen LogP contribution in [-0.2, 0) is 32.6 Å². The fourth-order valence-corrected chi connectivity index (χ4v) is 5.64. The summed E-state index contributed by atoms with van der Waals surface area (Å²) in [7, 11) is -3.86. The molecular weight excluding hydrogens is 546 g/mol. The number of sulfonamides is 1. The lowest BCUT2D eigenvalue weighted by molar-refractivity contribution is -0.140. The number of rotatable bonds is 11. The molecule has 0 fully saturated rings. The second-order valence-corrected chi connectivity index (χ2v) is 11.9. The maximum atomic E-state index is 14.1. The average Bonchev–Trinajstić information content (AvgIpc) is 2.94. The van der Waals surface area contributed by atoms with Crippen molar-refractivity contribution >= 4 is 49.9 Å². The summed E-state index contributed by atoms with van der Waals surface area (Å²) in [6.07, 6.45) is 1.34. The van der Waals surface area contributed by atoms with Crippen molar-refractivity contribution in [3.63, 3.8) is 0 Å². The Labute approximate surface area is 240 Å². The molecule has 9 heteroatoms. The van der Waals surface area contributed by atoms with Gasteiger partial charge in [0.2, 0.25) is 21.8 Å². The highest BCUT2D eigenvalue weighted by molar-refractivity contribution is 7.92. The van der Waals surface area contributed by atoms with Gasteiger partial charge >= 0.3 is 0 Å². The number of halogens is 1. The number of nitrogens with zero attached hydrogens (tertiary/aromatic N) is 2. The topological polar surface area (TPSA) is 86.8 Å². The van der Waals surface area contributed by atoms with Crippen LogP contribution in [0.3, 0.4) is 0 Å². The van der Waals surface area contributed by atoms with Gasteiger partial charge in [-0.3, -0.25) is 13.9 Å². The van der Waals surface area contributed by atoms with E-state index in [2.05, 4.69) is 5.32 Å². The maximum absolute atomic E-state index is 14.1. The number of hydrogen-bond donors (Lipinski definition) is 1. The van der Waals surface area contributed by atoms with Gasteiger partial charge in [-0.25, -0.2) is 8.42 Å². The van der Waals surface area contributed by atoms with E-state index in [1.54, 1.807) is 36.4 Å². The van der Waals surface area contributed by atoms with Gasteiger partial charge in [-0.15, -0.1) is 0 Å². The molecule has 1 atom stereocenters. The summed E-state index contributed by atoms with van der Waals surface area (Å²) >= 11 is 6.09. The molecule has 2 amide bonds. The molecule has 7 nitrogen and oxygen atoms in total. The lowest BCUT2D eigenvalue weighted by Gasteiger charge is -2.33. The van der Waals surface area contributed by atoms with E-state index in [-0.39, 0.29) is 18.9 Å². The van der Waals surface area contributed by atoms with Gasteiger partial charge in [-0.1, -0.05) is 90.5 Å². The van der Waals surface area contributed by atoms with Crippen LogP contribution in [0.1, 0.15) is 18.1 Å². The highest BCUT2D eigenvalue weighted by Gasteiger charge is 2.33. The summed E-state index contributed by atoms with van der Waals surface area (Å²) < 4.78 is 27.3. The minimum Gasteiger partial charge on any atom is -0.355 e. The molecule has 0 unspecified atom stereocenters. The van der Waals surface area contributed by atoms with Gasteiger partial charge in [0.05, 0.1) is 11.9 Å². The Bertz CT molecular complexity index is 1570. The van der Waals surface area contributed by atoms with Crippen LogP contribution in [0.15, 0.2) is 97.1 Å². The lowest BCUT2D eigenvalue weighted by Crippen LogP contribution is -2.53. The van der Waals surface area contributed by atoms with Crippen LogP contribution in [0, 0.1) is 0 Å². The number of carbonyl (C=O) groups is 2. The van der Waals surface area contributed by atoms with E-state index in [1.807, 2.05) is 67.6 Å². The number of carbonyl (C=O) groups excluding carboxylic acids is 2. The van der Waals surface area contributed by atoms with Gasteiger partial charge in [0.25, 0.3) is 0 Å². The van der Waals surface area contributed by atoms with E-state index in [0.717, 1.165) is 27.1 Å². The van der Waals surface area contributed by atoms with Crippen LogP contribution in [0.2, 0.25) is 5.02 Å². The van der Waals surface area contributed by atoms with E-state index in [0.29, 0.717) is 22.6 Å². The van der Waals surface area contributed by atoms with Gasteiger partial charge in [-0.2, -0.15) is 0 Å². The fraction of sp³-hybridized carbons (Fsp3) is 0.226. The molecule has 40 heavy (non-hydrogen) atoms. The minimum absolute atomic E-state index is 0.0950. The van der Waals surface area contributed by atoms with Gasteiger partial charge in [0.1, 0.15) is 12.6 Å². The van der Waals surface area contributed by atoms with Crippen LogP contribution < -0.4 is 9.62 Å². The summed E-state index contributed by atoms with van der Waals surface area (Å²) in [6, 6.07) is 28.3. The van der Waals surface area contributed by atoms with Crippen molar-refractivity contribution < 1.29 is 18.0 Å². The molecule has 0 aromatic heterocycles. The highest BCUT2D eigenvalue weighted by atomic mass is 35.5. The Morgan fingerprint density at radius 1 is 0.850 bits per heavy atom. The summed E-state index contributed by atoms with van der Waals surface area (Å²) in [5, 5.41) is 4.95. The van der Waals surface area contributed by atoms with Crippen molar-refractivity contribution in [3.8, 4) is 0 Å². The van der Waals surface area contributed by atoms with Gasteiger partial charge in [-0.05, 0) is 41.6 Å². The number of fused-ring (bicyclic) bond motifs is 1. The molecule has 0 saturated carbocycles. The molecule has 0 heterocycles. The predicted octanol–water partition coefficient (Wildman–Crippen LogP) is 5.04. The van der Waals surface area contributed by atoms with Gasteiger partial charge < -0.3 is 10.2 Å². The molecule has 4 aromatic rings. The Morgan fingerprint density at radius 3 is 2.17 bits per heavy atom. The zero-order valence-corrected chi connectivity index (χ0v) is 24.0. The monoisotopic (exact) mass is 577 g/mol. The number of likely N-dealkylation sites (N-methyl/N-ethyl adjacent to an activating group) is 1. The molecule has 208 valence electrons. The third kappa shape index (κ3) is 7.20. The first-order valence-electron chi connectivity index (χ1n) is 13.0. The third-order valence-corrected chi connectivity index (χ3v) is 7.98. The van der Waals surface area contributed by atoms with E-state index in [4.69, 9.17) is 11.6 Å². The fourth-order valence-electron chi connectivity index (χ4n) is 4.65. The SMILES string of the molecule is CCNC(=O)[C@H](Cc1ccccc1)N(Cc1ccc(Cl)cc1)C(=O)CN(c1cccc2ccccc12)S(C)(=O)=O. The van der Waals surface area contributed by atoms with Crippen molar-refractivity contribution in [1.82, 2.24) is 10.2 Å². The Balaban J connectivity index is 1.77. The molecule has 4 aromatic carbocycles. The number of anilines is 1. The minimum atomic E-state index is -3.86. The van der Waals surface area contributed by atoms with E-state index < -0.39 is 28.5 Å². The Hall–Kier alpha value is -3.88. The molecule has 0 aliphatic carbocycles. The molecule has 1 N–H and O–H groups in total. The van der Waals surface area contributed by atoms with Crippen LogP contribution in [-0.4, -0.2) is 50.5 Å². The van der Waals surface area contributed by atoms with E-state index in [1.165, 1.54) is 4.90 Å². The zero-order chi connectivity index (χ0) is 28.7. The molecule has 0 aliphatic heterocycles. The molecule has 0 aliphatic rings. The highest BCUT2D eigenvalue weighted by Crippen LogP contribution is 2.29. The smallest absolute Gasteiger partial charge is 0.244 e. The van der Waals surface area contributed by atoms with Crippen LogP contribution in [0.4, 0.5) is 5.69 Å². The van der Waals surface area contributed by atoms with Crippen LogP contribution >= 0.6 is 11.6 Å². The average molecular weight is 578 g/mol. The summed E-state index contributed by atoms with van der Waals surface area (Å²) in [4.78, 5) is 29.0. The third-order valence-electron chi connectivity index (χ3n) is 6.60. The van der Waals surface area contributed by atoms with Gasteiger partial charge in [0, 0.05) is 29.9 Å². The molecule has 0 bridgehead atoms. The van der Waals surface area contributed by atoms with Crippen LogP contribution in [0.5, 0.6) is 0 Å². The number of hydrogen-bond acceptors (Lipinski definition) is 4. The van der Waals surface area contributed by atoms with E-state index >= 15 is 0 Å². The summed E-state index contributed by atoms with van der Waals surface area (Å²) in [6.45, 7) is 1.83. The number of amides is 2. The second kappa shape index (κ2) is 13.0. The lowest BCUT2D eigenvalue weighted by atomic mass is 10.0. The largest absolute Gasteiger partial charge is 0.355 e. The summed E-state index contributed by atoms with van der Waals surface area (Å²) in [5.74, 6) is -0.815. The second-order valence-electron chi connectivity index (χ2n) is 9.52. The van der Waals surface area contributed by atoms with Crippen molar-refractivity contribution in [2.24, 2.45) is 0 Å². The Kier molecular flexibility index (Phi) is 9.45. The quantitative estimate of drug-likeness (QED) is 0.271. The van der Waals surface area contributed by atoms with Crippen molar-refractivity contribution in [2.45, 2.75) is 25.9 Å². The maximum Gasteiger partial charge on any atom is 0.244 e. The summed E-state index contributed by atoms with van der Waals surface area (Å²) in [5.41, 5.74) is 2.04. The first kappa shape index (κ1) is 29.1. The van der Waals surface area contributed by atoms with Crippen molar-refractivity contribution in [2.75, 3.05) is 23.7 Å². The predicted molar refractivity (Wildman–Crippen MR) is 161 cm³/mol. The van der Waals surface area contributed by atoms with E-state index in [9.17, 15) is 18.0 Å². The number of nitrogens with one attached hydrogen (secondary N) is 1. The molecule has 0 spiro atoms. The normalized spacial score (nSPS) is 12.1. The van der Waals surface area contributed by atoms with Gasteiger partial charge in [0.15, 0.2) is 0 Å². The van der Waals surface area contributed by atoms with Crippen molar-refractivity contribution in [3.05, 3.63) is 113 Å². The first-order valence-corrected chi connectivity index (χ1v) is 15.2. The van der Waals surface area contributed by atoms with Crippen LogP contribution in [0.25, 0.3) is 10.8 Å². The molecule has 0 saturated heterocycles. The van der Waals surface area contributed by atoms with Crippen molar-refractivity contribution in [1.29, 1.82) is 0 Å². The standard InChI is InChI=1S/C31H32ClN3O4S/c1-3-33-31(37)29(20-23-10-5-4-6-11-23)34(21-24-16-18-26(32)19-17-24)30(36)22-35(40(2,38)39)28-15-9-13-25-12-7-8-14-27(25)28/h4-19,29H,3,20-22H2,1-2H3,(H,33,37)/t29-/m0/s1. The Morgan fingerprint density at radius 2 is 1.50 bits per heavy atom. The first-order chi connectivity index (χ1) is 19.2. The molecule has 4 rings (SSSR count). The zero-order valence-electron chi connectivity index (χ0n) is 22.5.